The summed E-state index contributed by atoms with van der Waals surface area (Å²) in [6.45, 7) is 8.31. The Kier molecular flexibility index (Phi) is 5.75. The maximum Gasteiger partial charge on any atom is 0.410 e. The quantitative estimate of drug-likeness (QED) is 0.776. The molecule has 0 fully saturated rings. The van der Waals surface area contributed by atoms with Crippen LogP contribution in [-0.2, 0) is 16.0 Å². The van der Waals surface area contributed by atoms with Gasteiger partial charge in [-0.3, -0.25) is 0 Å². The van der Waals surface area contributed by atoms with Gasteiger partial charge in [0.2, 0.25) is 5.82 Å². The number of esters is 1. The molecule has 0 N–H and O–H groups in total. The molecule has 7 nitrogen and oxygen atoms in total. The Morgan fingerprint density at radius 2 is 2.05 bits per heavy atom. The first-order chi connectivity index (χ1) is 9.74. The Morgan fingerprint density at radius 3 is 2.62 bits per heavy atom. The number of hydrogen-bond acceptors (Lipinski definition) is 5. The summed E-state index contributed by atoms with van der Waals surface area (Å²) in [6.07, 6.45) is 2.80. The standard InChI is InChI=1S/C14H23N3O4/c1-6-20-12(18)11-15-7-8-17(11)10-9-16(5)13(19)21-14(2,3)4/h7-8H,6,9-10H2,1-5H3. The van der Waals surface area contributed by atoms with Gasteiger partial charge in [0.05, 0.1) is 6.61 Å². The normalized spacial score (nSPS) is 11.1. The van der Waals surface area contributed by atoms with Crippen molar-refractivity contribution < 1.29 is 19.1 Å². The summed E-state index contributed by atoms with van der Waals surface area (Å²) in [7, 11) is 1.65. The highest BCUT2D eigenvalue weighted by atomic mass is 16.6. The molecule has 1 aromatic heterocycles. The molecule has 0 atom stereocenters. The fraction of sp³-hybridized carbons (Fsp3) is 0.643. The molecular weight excluding hydrogens is 274 g/mol. The van der Waals surface area contributed by atoms with Crippen LogP contribution >= 0.6 is 0 Å². The monoisotopic (exact) mass is 297 g/mol. The van der Waals surface area contributed by atoms with Gasteiger partial charge in [0.25, 0.3) is 0 Å². The van der Waals surface area contributed by atoms with Gasteiger partial charge < -0.3 is 18.9 Å². The number of ether oxygens (including phenoxy) is 2. The van der Waals surface area contributed by atoms with E-state index in [1.165, 1.54) is 11.1 Å². The number of nitrogens with zero attached hydrogens (tertiary/aromatic N) is 3. The van der Waals surface area contributed by atoms with Gasteiger partial charge in [-0.2, -0.15) is 0 Å². The predicted octanol–water partition coefficient (Wildman–Crippen LogP) is 1.93. The number of carbonyl (C=O) groups is 2. The lowest BCUT2D eigenvalue weighted by atomic mass is 10.2. The molecule has 0 radical (unpaired) electrons. The first-order valence-electron chi connectivity index (χ1n) is 6.87. The van der Waals surface area contributed by atoms with Gasteiger partial charge in [0.1, 0.15) is 5.60 Å². The van der Waals surface area contributed by atoms with Gasteiger partial charge in [-0.05, 0) is 27.7 Å². The van der Waals surface area contributed by atoms with E-state index in [0.29, 0.717) is 19.7 Å². The third kappa shape index (κ3) is 5.45. The fourth-order valence-corrected chi connectivity index (χ4v) is 1.56. The Labute approximate surface area is 124 Å². The molecular formula is C14H23N3O4. The van der Waals surface area contributed by atoms with E-state index in [0.717, 1.165) is 0 Å². The van der Waals surface area contributed by atoms with Gasteiger partial charge in [0.15, 0.2) is 0 Å². The molecule has 0 aromatic carbocycles. The van der Waals surface area contributed by atoms with E-state index in [-0.39, 0.29) is 5.82 Å². The van der Waals surface area contributed by atoms with Crippen molar-refractivity contribution in [3.05, 3.63) is 18.2 Å². The minimum absolute atomic E-state index is 0.231. The second-order valence-electron chi connectivity index (χ2n) is 5.57. The fourth-order valence-electron chi connectivity index (χ4n) is 1.56. The number of aromatic nitrogens is 2. The van der Waals surface area contributed by atoms with Crippen LogP contribution in [0.3, 0.4) is 0 Å². The van der Waals surface area contributed by atoms with Crippen LogP contribution in [0.1, 0.15) is 38.3 Å². The molecule has 1 amide bonds. The predicted molar refractivity (Wildman–Crippen MR) is 77.0 cm³/mol. The van der Waals surface area contributed by atoms with Crippen molar-refractivity contribution in [1.29, 1.82) is 0 Å². The van der Waals surface area contributed by atoms with Gasteiger partial charge in [-0.15, -0.1) is 0 Å². The zero-order valence-corrected chi connectivity index (χ0v) is 13.3. The number of carbonyl (C=O) groups excluding carboxylic acids is 2. The molecule has 0 aliphatic rings. The molecule has 7 heteroatoms. The van der Waals surface area contributed by atoms with Crippen molar-refractivity contribution in [3.8, 4) is 0 Å². The van der Waals surface area contributed by atoms with Crippen LogP contribution < -0.4 is 0 Å². The summed E-state index contributed by atoms with van der Waals surface area (Å²) in [6, 6.07) is 0. The largest absolute Gasteiger partial charge is 0.460 e. The van der Waals surface area contributed by atoms with Gasteiger partial charge in [-0.25, -0.2) is 14.6 Å². The number of amides is 1. The minimum Gasteiger partial charge on any atom is -0.460 e. The van der Waals surface area contributed by atoms with E-state index in [2.05, 4.69) is 4.98 Å². The number of likely N-dealkylation sites (N-methyl/N-ethyl adjacent to an activating group) is 1. The van der Waals surface area contributed by atoms with E-state index >= 15 is 0 Å². The van der Waals surface area contributed by atoms with Gasteiger partial charge >= 0.3 is 12.1 Å². The lowest BCUT2D eigenvalue weighted by Gasteiger charge is -2.24. The molecule has 0 spiro atoms. The molecule has 0 unspecified atom stereocenters. The third-order valence-corrected chi connectivity index (χ3v) is 2.55. The third-order valence-electron chi connectivity index (χ3n) is 2.55. The molecule has 1 rings (SSSR count). The Balaban J connectivity index is 2.58. The average Bonchev–Trinajstić information content (AvgIpc) is 2.82. The summed E-state index contributed by atoms with van der Waals surface area (Å²) in [5.74, 6) is -0.239. The second-order valence-corrected chi connectivity index (χ2v) is 5.57. The smallest absolute Gasteiger partial charge is 0.410 e. The SMILES string of the molecule is CCOC(=O)c1nccn1CCN(C)C(=O)OC(C)(C)C. The average molecular weight is 297 g/mol. The molecule has 0 saturated carbocycles. The topological polar surface area (TPSA) is 73.7 Å². The first kappa shape index (κ1) is 17.0. The molecule has 21 heavy (non-hydrogen) atoms. The lowest BCUT2D eigenvalue weighted by molar-refractivity contribution is 0.0293. The molecule has 118 valence electrons. The zero-order chi connectivity index (χ0) is 16.0. The Morgan fingerprint density at radius 1 is 1.38 bits per heavy atom. The van der Waals surface area contributed by atoms with Crippen LogP contribution in [0.15, 0.2) is 12.4 Å². The molecule has 0 bridgehead atoms. The zero-order valence-electron chi connectivity index (χ0n) is 13.3. The summed E-state index contributed by atoms with van der Waals surface area (Å²) in [4.78, 5) is 28.9. The number of hydrogen-bond donors (Lipinski definition) is 0. The summed E-state index contributed by atoms with van der Waals surface area (Å²) >= 11 is 0. The summed E-state index contributed by atoms with van der Waals surface area (Å²) in [5, 5.41) is 0. The molecule has 0 aliphatic carbocycles. The highest BCUT2D eigenvalue weighted by Gasteiger charge is 2.20. The van der Waals surface area contributed by atoms with Crippen molar-refractivity contribution in [2.24, 2.45) is 0 Å². The maximum atomic E-state index is 11.8. The van der Waals surface area contributed by atoms with Crippen molar-refractivity contribution in [3.63, 3.8) is 0 Å². The second kappa shape index (κ2) is 7.10. The van der Waals surface area contributed by atoms with Crippen molar-refractivity contribution in [1.82, 2.24) is 14.5 Å². The van der Waals surface area contributed by atoms with Crippen LogP contribution in [0.25, 0.3) is 0 Å². The highest BCUT2D eigenvalue weighted by molar-refractivity contribution is 5.85. The van der Waals surface area contributed by atoms with E-state index in [4.69, 9.17) is 9.47 Å². The number of imidazole rings is 1. The number of rotatable bonds is 5. The van der Waals surface area contributed by atoms with Crippen LogP contribution in [0.4, 0.5) is 4.79 Å². The van der Waals surface area contributed by atoms with Crippen LogP contribution in [-0.4, -0.2) is 52.3 Å². The Hall–Kier alpha value is -2.05. The minimum atomic E-state index is -0.531. The maximum absolute atomic E-state index is 11.8. The highest BCUT2D eigenvalue weighted by Crippen LogP contribution is 2.09. The molecule has 1 heterocycles. The van der Waals surface area contributed by atoms with Crippen molar-refractivity contribution in [2.75, 3.05) is 20.2 Å². The van der Waals surface area contributed by atoms with E-state index < -0.39 is 17.7 Å². The summed E-state index contributed by atoms with van der Waals surface area (Å²) < 4.78 is 11.8. The molecule has 0 aliphatic heterocycles. The Bertz CT molecular complexity index is 491. The van der Waals surface area contributed by atoms with Crippen LogP contribution in [0, 0.1) is 0 Å². The van der Waals surface area contributed by atoms with Gasteiger partial charge in [0, 0.05) is 32.5 Å². The molecule has 1 aromatic rings. The first-order valence-corrected chi connectivity index (χ1v) is 6.87. The van der Waals surface area contributed by atoms with Crippen molar-refractivity contribution in [2.45, 2.75) is 39.8 Å². The van der Waals surface area contributed by atoms with Gasteiger partial charge in [-0.1, -0.05) is 0 Å². The van der Waals surface area contributed by atoms with E-state index in [9.17, 15) is 9.59 Å². The lowest BCUT2D eigenvalue weighted by Crippen LogP contribution is -2.36. The van der Waals surface area contributed by atoms with E-state index in [1.54, 1.807) is 24.7 Å². The van der Waals surface area contributed by atoms with E-state index in [1.807, 2.05) is 20.8 Å². The molecule has 0 saturated heterocycles. The van der Waals surface area contributed by atoms with Crippen LogP contribution in [0.2, 0.25) is 0 Å². The van der Waals surface area contributed by atoms with Crippen molar-refractivity contribution >= 4 is 12.1 Å². The summed E-state index contributed by atoms with van der Waals surface area (Å²) in [5.41, 5.74) is -0.531. The van der Waals surface area contributed by atoms with Crippen LogP contribution in [0.5, 0.6) is 0 Å².